The minimum Gasteiger partial charge on any atom is -0.380 e. The van der Waals surface area contributed by atoms with Crippen molar-refractivity contribution in [3.8, 4) is 0 Å². The number of hydrogen-bond acceptors (Lipinski definition) is 2. The monoisotopic (exact) mass is 193 g/mol. The maximum Gasteiger partial charge on any atom is 0.0661 e. The van der Waals surface area contributed by atoms with Crippen LogP contribution in [0.3, 0.4) is 0 Å². The molecular weight excluding hydrogens is 174 g/mol. The fourth-order valence-electron chi connectivity index (χ4n) is 1.38. The summed E-state index contributed by atoms with van der Waals surface area (Å²) in [7, 11) is 1.96. The molecule has 1 aromatic carbocycles. The van der Waals surface area contributed by atoms with Crippen molar-refractivity contribution in [1.82, 2.24) is 5.32 Å². The predicted molar refractivity (Wildman–Crippen MR) is 59.5 cm³/mol. The van der Waals surface area contributed by atoms with Crippen LogP contribution in [0.25, 0.3) is 0 Å². The van der Waals surface area contributed by atoms with E-state index in [2.05, 4.69) is 36.5 Å². The van der Waals surface area contributed by atoms with Gasteiger partial charge in [-0.15, -0.1) is 0 Å². The van der Waals surface area contributed by atoms with E-state index in [4.69, 9.17) is 4.74 Å². The number of aryl methyl sites for hydroxylation is 1. The van der Waals surface area contributed by atoms with Crippen molar-refractivity contribution in [3.63, 3.8) is 0 Å². The molecule has 0 bridgehead atoms. The highest BCUT2D eigenvalue weighted by molar-refractivity contribution is 5.24. The van der Waals surface area contributed by atoms with Crippen molar-refractivity contribution >= 4 is 0 Å². The Morgan fingerprint density at radius 1 is 1.29 bits per heavy atom. The predicted octanol–water partition coefficient (Wildman–Crippen LogP) is 2.29. The van der Waals surface area contributed by atoms with E-state index in [9.17, 15) is 0 Å². The van der Waals surface area contributed by atoms with E-state index in [0.717, 1.165) is 13.2 Å². The average Bonchev–Trinajstić information content (AvgIpc) is 2.21. The second kappa shape index (κ2) is 5.78. The van der Waals surface area contributed by atoms with Crippen LogP contribution in [0.1, 0.15) is 24.1 Å². The second-order valence-electron chi connectivity index (χ2n) is 3.41. The number of rotatable bonds is 5. The van der Waals surface area contributed by atoms with Gasteiger partial charge >= 0.3 is 0 Å². The van der Waals surface area contributed by atoms with Crippen LogP contribution in [0.2, 0.25) is 0 Å². The Bertz CT molecular complexity index is 256. The zero-order valence-electron chi connectivity index (χ0n) is 9.21. The van der Waals surface area contributed by atoms with Crippen LogP contribution >= 0.6 is 0 Å². The van der Waals surface area contributed by atoms with Crippen molar-refractivity contribution in [1.29, 1.82) is 0 Å². The van der Waals surface area contributed by atoms with Crippen molar-refractivity contribution in [3.05, 3.63) is 35.4 Å². The summed E-state index contributed by atoms with van der Waals surface area (Å²) in [6, 6.07) is 8.86. The van der Waals surface area contributed by atoms with Gasteiger partial charge in [-0.05, 0) is 26.5 Å². The zero-order chi connectivity index (χ0) is 10.4. The second-order valence-corrected chi connectivity index (χ2v) is 3.41. The molecule has 1 rings (SSSR count). The van der Waals surface area contributed by atoms with Crippen molar-refractivity contribution < 1.29 is 4.74 Å². The Morgan fingerprint density at radius 3 is 2.43 bits per heavy atom. The molecule has 0 heterocycles. The molecule has 0 aromatic heterocycles. The molecule has 78 valence electrons. The summed E-state index contributed by atoms with van der Waals surface area (Å²) < 4.78 is 5.41. The molecule has 14 heavy (non-hydrogen) atoms. The van der Waals surface area contributed by atoms with Gasteiger partial charge in [0.2, 0.25) is 0 Å². The minimum absolute atomic E-state index is 0.301. The Hall–Kier alpha value is -0.860. The summed E-state index contributed by atoms with van der Waals surface area (Å²) >= 11 is 0. The van der Waals surface area contributed by atoms with Gasteiger partial charge in [-0.3, -0.25) is 0 Å². The summed E-state index contributed by atoms with van der Waals surface area (Å²) in [4.78, 5) is 0. The van der Waals surface area contributed by atoms with Gasteiger partial charge in [0.25, 0.3) is 0 Å². The highest BCUT2D eigenvalue weighted by Crippen LogP contribution is 2.13. The number of benzene rings is 1. The van der Waals surface area contributed by atoms with Gasteiger partial charge in [0.15, 0.2) is 0 Å². The standard InChI is InChI=1S/C12H19NO/c1-4-14-9-12(13-3)11-7-5-10(2)6-8-11/h5-8,12-13H,4,9H2,1-3H3. The molecule has 0 spiro atoms. The first kappa shape index (κ1) is 11.2. The topological polar surface area (TPSA) is 21.3 Å². The van der Waals surface area contributed by atoms with Crippen LogP contribution < -0.4 is 5.32 Å². The van der Waals surface area contributed by atoms with Crippen molar-refractivity contribution in [2.75, 3.05) is 20.3 Å². The van der Waals surface area contributed by atoms with Crippen molar-refractivity contribution in [2.45, 2.75) is 19.9 Å². The maximum atomic E-state index is 5.41. The minimum atomic E-state index is 0.301. The number of ether oxygens (including phenoxy) is 1. The molecule has 1 N–H and O–H groups in total. The fraction of sp³-hybridized carbons (Fsp3) is 0.500. The molecule has 0 radical (unpaired) electrons. The third-order valence-corrected chi connectivity index (χ3v) is 2.32. The van der Waals surface area contributed by atoms with E-state index in [1.54, 1.807) is 0 Å². The number of hydrogen-bond donors (Lipinski definition) is 1. The van der Waals surface area contributed by atoms with E-state index < -0.39 is 0 Å². The Labute approximate surface area is 86.3 Å². The average molecular weight is 193 g/mol. The molecule has 0 fully saturated rings. The molecule has 0 aliphatic carbocycles. The summed E-state index contributed by atoms with van der Waals surface area (Å²) in [5.74, 6) is 0. The fourth-order valence-corrected chi connectivity index (χ4v) is 1.38. The lowest BCUT2D eigenvalue weighted by molar-refractivity contribution is 0.125. The van der Waals surface area contributed by atoms with Gasteiger partial charge in [0.1, 0.15) is 0 Å². The maximum absolute atomic E-state index is 5.41. The van der Waals surface area contributed by atoms with Crippen LogP contribution in [-0.4, -0.2) is 20.3 Å². The highest BCUT2D eigenvalue weighted by Gasteiger charge is 2.07. The van der Waals surface area contributed by atoms with Gasteiger partial charge in [0.05, 0.1) is 12.6 Å². The largest absolute Gasteiger partial charge is 0.380 e. The molecule has 0 saturated heterocycles. The molecule has 1 atom stereocenters. The van der Waals surface area contributed by atoms with E-state index in [-0.39, 0.29) is 0 Å². The van der Waals surface area contributed by atoms with Crippen molar-refractivity contribution in [2.24, 2.45) is 0 Å². The lowest BCUT2D eigenvalue weighted by Crippen LogP contribution is -2.21. The van der Waals surface area contributed by atoms with Gasteiger partial charge in [0, 0.05) is 6.61 Å². The quantitative estimate of drug-likeness (QED) is 0.774. The van der Waals surface area contributed by atoms with Crippen LogP contribution in [0.4, 0.5) is 0 Å². The number of likely N-dealkylation sites (N-methyl/N-ethyl adjacent to an activating group) is 1. The Kier molecular flexibility index (Phi) is 4.63. The normalized spacial score (nSPS) is 12.8. The lowest BCUT2D eigenvalue weighted by Gasteiger charge is -2.16. The first-order valence-electron chi connectivity index (χ1n) is 5.09. The summed E-state index contributed by atoms with van der Waals surface area (Å²) in [5.41, 5.74) is 2.58. The van der Waals surface area contributed by atoms with Gasteiger partial charge in [-0.2, -0.15) is 0 Å². The van der Waals surface area contributed by atoms with Gasteiger partial charge < -0.3 is 10.1 Å². The number of nitrogens with one attached hydrogen (secondary N) is 1. The van der Waals surface area contributed by atoms with Crippen LogP contribution in [-0.2, 0) is 4.74 Å². The van der Waals surface area contributed by atoms with E-state index in [0.29, 0.717) is 6.04 Å². The molecular formula is C12H19NO. The van der Waals surface area contributed by atoms with Crippen LogP contribution in [0, 0.1) is 6.92 Å². The van der Waals surface area contributed by atoms with E-state index in [1.807, 2.05) is 14.0 Å². The third kappa shape index (κ3) is 3.13. The molecule has 0 aliphatic heterocycles. The molecule has 2 heteroatoms. The molecule has 0 saturated carbocycles. The summed E-state index contributed by atoms with van der Waals surface area (Å²) in [5, 5.41) is 3.25. The first-order valence-corrected chi connectivity index (χ1v) is 5.09. The van der Waals surface area contributed by atoms with Gasteiger partial charge in [-0.1, -0.05) is 29.8 Å². The lowest BCUT2D eigenvalue weighted by atomic mass is 10.1. The first-order chi connectivity index (χ1) is 6.77. The Morgan fingerprint density at radius 2 is 1.93 bits per heavy atom. The van der Waals surface area contributed by atoms with E-state index in [1.165, 1.54) is 11.1 Å². The molecule has 1 unspecified atom stereocenters. The Balaban J connectivity index is 2.64. The third-order valence-electron chi connectivity index (χ3n) is 2.32. The molecule has 2 nitrogen and oxygen atoms in total. The molecule has 0 aliphatic rings. The highest BCUT2D eigenvalue weighted by atomic mass is 16.5. The SMILES string of the molecule is CCOCC(NC)c1ccc(C)cc1. The van der Waals surface area contributed by atoms with Gasteiger partial charge in [-0.25, -0.2) is 0 Å². The summed E-state index contributed by atoms with van der Waals surface area (Å²) in [6.07, 6.45) is 0. The van der Waals surface area contributed by atoms with E-state index >= 15 is 0 Å². The smallest absolute Gasteiger partial charge is 0.0661 e. The van der Waals surface area contributed by atoms with Crippen LogP contribution in [0.5, 0.6) is 0 Å². The zero-order valence-corrected chi connectivity index (χ0v) is 9.21. The molecule has 1 aromatic rings. The summed E-state index contributed by atoms with van der Waals surface area (Å²) in [6.45, 7) is 5.61. The van der Waals surface area contributed by atoms with Crippen LogP contribution in [0.15, 0.2) is 24.3 Å². The molecule has 0 amide bonds.